The predicted molar refractivity (Wildman–Crippen MR) is 157 cm³/mol. The summed E-state index contributed by atoms with van der Waals surface area (Å²) in [5.74, 6) is 0.572. The van der Waals surface area contributed by atoms with E-state index in [1.54, 1.807) is 45.2 Å². The zero-order chi connectivity index (χ0) is 30.6. The maximum atomic E-state index is 13.2. The highest BCUT2D eigenvalue weighted by atomic mass is 16.2. The number of nitrogens with zero attached hydrogens (tertiary/aromatic N) is 7. The zero-order valence-electron chi connectivity index (χ0n) is 25.0. The van der Waals surface area contributed by atoms with Crippen LogP contribution in [0.4, 0.5) is 0 Å². The van der Waals surface area contributed by atoms with E-state index in [1.807, 2.05) is 31.2 Å². The van der Waals surface area contributed by atoms with Crippen molar-refractivity contribution in [1.82, 2.24) is 40.6 Å². The molecule has 1 aliphatic heterocycles. The maximum Gasteiger partial charge on any atom is 0.253 e. The highest BCUT2D eigenvalue weighted by molar-refractivity contribution is 5.99. The van der Waals surface area contributed by atoms with Crippen molar-refractivity contribution in [2.75, 3.05) is 34.7 Å². The molecule has 3 amide bonds. The molecule has 1 aromatic heterocycles. The number of benzene rings is 2. The number of H-pyrrole nitrogens is 1. The van der Waals surface area contributed by atoms with Crippen LogP contribution in [0.1, 0.15) is 63.9 Å². The number of likely N-dealkylation sites (tertiary alicyclic amines) is 1. The van der Waals surface area contributed by atoms with Gasteiger partial charge < -0.3 is 20.0 Å². The monoisotopic (exact) mass is 581 g/mol. The van der Waals surface area contributed by atoms with E-state index in [4.69, 9.17) is 0 Å². The molecule has 12 heteroatoms. The zero-order valence-corrected chi connectivity index (χ0v) is 25.0. The number of rotatable bonds is 8. The molecule has 3 aliphatic rings. The number of hydrogen-bond acceptors (Lipinski definition) is 8. The van der Waals surface area contributed by atoms with Gasteiger partial charge in [0, 0.05) is 51.4 Å². The Balaban J connectivity index is 1.40. The van der Waals surface area contributed by atoms with Crippen LogP contribution in [0.15, 0.2) is 36.4 Å². The van der Waals surface area contributed by atoms with Crippen molar-refractivity contribution in [2.24, 2.45) is 5.92 Å². The fourth-order valence-electron chi connectivity index (χ4n) is 6.92. The second-order valence-electron chi connectivity index (χ2n) is 12.3. The van der Waals surface area contributed by atoms with Crippen molar-refractivity contribution in [2.45, 2.75) is 49.7 Å². The van der Waals surface area contributed by atoms with E-state index in [2.05, 4.69) is 32.0 Å². The number of hydrogen-bond donors (Lipinski definition) is 2. The second-order valence-corrected chi connectivity index (χ2v) is 12.3. The standard InChI is InChI=1S/C31H35N9O3/c1-17(33-16-27(41)40-21(15-32)10-20-13-26(20)40)14-31(30-34-36-37-35-30)24-8-6-18(28(42)38(2)3)11-22(24)23-12-19(7-9-25(23)31)29(43)39(4)5/h6-9,11-12,17,20-21,26,33H,10,13-14,16H2,1-5H3,(H,34,35,36,37)/t17-,20+,21?,26-/m0/s1. The van der Waals surface area contributed by atoms with E-state index in [9.17, 15) is 19.6 Å². The number of aromatic nitrogens is 4. The van der Waals surface area contributed by atoms with Crippen LogP contribution < -0.4 is 5.32 Å². The second kappa shape index (κ2) is 10.6. The summed E-state index contributed by atoms with van der Waals surface area (Å²) in [6.45, 7) is 2.11. The molecule has 222 valence electrons. The smallest absolute Gasteiger partial charge is 0.253 e. The molecule has 43 heavy (non-hydrogen) atoms. The summed E-state index contributed by atoms with van der Waals surface area (Å²) in [5.41, 5.74) is 3.58. The summed E-state index contributed by atoms with van der Waals surface area (Å²) in [7, 11) is 6.83. The fraction of sp³-hybridized carbons (Fsp3) is 0.452. The molecular formula is C31H35N9O3. The van der Waals surface area contributed by atoms with Crippen LogP contribution in [0.5, 0.6) is 0 Å². The van der Waals surface area contributed by atoms with Crippen LogP contribution in [-0.4, -0.2) is 106 Å². The summed E-state index contributed by atoms with van der Waals surface area (Å²) in [5, 5.41) is 28.3. The Morgan fingerprint density at radius 1 is 1.05 bits per heavy atom. The Kier molecular flexibility index (Phi) is 7.01. The van der Waals surface area contributed by atoms with Crippen molar-refractivity contribution in [1.29, 1.82) is 5.26 Å². The average molecular weight is 582 g/mol. The Morgan fingerprint density at radius 3 is 2.16 bits per heavy atom. The third-order valence-corrected chi connectivity index (χ3v) is 9.04. The van der Waals surface area contributed by atoms with Gasteiger partial charge in [0.05, 0.1) is 18.0 Å². The lowest BCUT2D eigenvalue weighted by atomic mass is 9.72. The van der Waals surface area contributed by atoms with E-state index in [0.717, 1.165) is 35.1 Å². The molecule has 3 aromatic rings. The Morgan fingerprint density at radius 2 is 1.65 bits per heavy atom. The third kappa shape index (κ3) is 4.64. The van der Waals surface area contributed by atoms with Gasteiger partial charge in [0.2, 0.25) is 5.91 Å². The summed E-state index contributed by atoms with van der Waals surface area (Å²) >= 11 is 0. The molecule has 2 aliphatic carbocycles. The molecular weight excluding hydrogens is 546 g/mol. The van der Waals surface area contributed by atoms with Crippen LogP contribution in [0, 0.1) is 17.2 Å². The third-order valence-electron chi connectivity index (χ3n) is 9.04. The summed E-state index contributed by atoms with van der Waals surface area (Å²) in [4.78, 5) is 44.0. The first-order valence-electron chi connectivity index (χ1n) is 14.5. The number of fused-ring (bicyclic) bond motifs is 4. The summed E-state index contributed by atoms with van der Waals surface area (Å²) in [6, 6.07) is 13.1. The van der Waals surface area contributed by atoms with Crippen LogP contribution in [-0.2, 0) is 10.2 Å². The van der Waals surface area contributed by atoms with Gasteiger partial charge in [-0.05, 0) is 78.6 Å². The number of aromatic amines is 1. The van der Waals surface area contributed by atoms with Crippen molar-refractivity contribution < 1.29 is 14.4 Å². The number of amides is 3. The molecule has 1 unspecified atom stereocenters. The molecule has 0 spiro atoms. The Labute approximate surface area is 250 Å². The predicted octanol–water partition coefficient (Wildman–Crippen LogP) is 1.80. The highest BCUT2D eigenvalue weighted by Crippen LogP contribution is 2.54. The number of tetrazole rings is 1. The van der Waals surface area contributed by atoms with Gasteiger partial charge in [0.15, 0.2) is 5.82 Å². The Hall–Kier alpha value is -4.63. The average Bonchev–Trinajstić information content (AvgIpc) is 3.32. The lowest BCUT2D eigenvalue weighted by molar-refractivity contribution is -0.131. The first-order chi connectivity index (χ1) is 20.6. The van der Waals surface area contributed by atoms with Gasteiger partial charge in [-0.2, -0.15) is 10.5 Å². The largest absolute Gasteiger partial charge is 0.345 e. The lowest BCUT2D eigenvalue weighted by Gasteiger charge is -2.32. The van der Waals surface area contributed by atoms with Crippen molar-refractivity contribution in [3.8, 4) is 17.2 Å². The number of carbonyl (C=O) groups is 3. The van der Waals surface area contributed by atoms with Crippen LogP contribution >= 0.6 is 0 Å². The molecule has 2 N–H and O–H groups in total. The fourth-order valence-corrected chi connectivity index (χ4v) is 6.92. The van der Waals surface area contributed by atoms with Crippen molar-refractivity contribution in [3.05, 3.63) is 64.5 Å². The molecule has 0 radical (unpaired) electrons. The van der Waals surface area contributed by atoms with Gasteiger partial charge >= 0.3 is 0 Å². The quantitative estimate of drug-likeness (QED) is 0.409. The SMILES string of the molecule is C[C@@H](CC1(c2nn[nH]n2)c2ccc(C(=O)N(C)C)cc2-c2cc(C(=O)N(C)C)ccc21)NCC(=O)N1C(C#N)C[C@@H]2C[C@@H]21. The molecule has 2 aromatic carbocycles. The van der Waals surface area contributed by atoms with Gasteiger partial charge in [0.1, 0.15) is 6.04 Å². The summed E-state index contributed by atoms with van der Waals surface area (Å²) < 4.78 is 0. The molecule has 1 saturated carbocycles. The van der Waals surface area contributed by atoms with E-state index >= 15 is 0 Å². The molecule has 12 nitrogen and oxygen atoms in total. The normalized spacial score (nSPS) is 21.3. The number of nitrogens with one attached hydrogen (secondary N) is 2. The first-order valence-corrected chi connectivity index (χ1v) is 14.5. The van der Waals surface area contributed by atoms with Gasteiger partial charge in [-0.15, -0.1) is 10.2 Å². The number of piperidine rings is 1. The molecule has 2 heterocycles. The number of carbonyl (C=O) groups excluding carboxylic acids is 3. The summed E-state index contributed by atoms with van der Waals surface area (Å²) in [6.07, 6.45) is 2.20. The van der Waals surface area contributed by atoms with Gasteiger partial charge in [0.25, 0.3) is 11.8 Å². The molecule has 6 rings (SSSR count). The first kappa shape index (κ1) is 28.5. The lowest BCUT2D eigenvalue weighted by Crippen LogP contribution is -2.46. The maximum absolute atomic E-state index is 13.2. The highest BCUT2D eigenvalue weighted by Gasteiger charge is 2.54. The molecule has 0 bridgehead atoms. The van der Waals surface area contributed by atoms with E-state index < -0.39 is 5.41 Å². The minimum atomic E-state index is -0.878. The van der Waals surface area contributed by atoms with E-state index in [0.29, 0.717) is 29.3 Å². The van der Waals surface area contributed by atoms with Crippen LogP contribution in [0.3, 0.4) is 0 Å². The van der Waals surface area contributed by atoms with Crippen LogP contribution in [0.25, 0.3) is 11.1 Å². The van der Waals surface area contributed by atoms with E-state index in [-0.39, 0.29) is 42.4 Å². The topological polar surface area (TPSA) is 151 Å². The molecule has 4 atom stereocenters. The minimum Gasteiger partial charge on any atom is -0.345 e. The minimum absolute atomic E-state index is 0.0667. The van der Waals surface area contributed by atoms with Crippen LogP contribution in [0.2, 0.25) is 0 Å². The van der Waals surface area contributed by atoms with Crippen molar-refractivity contribution >= 4 is 17.7 Å². The van der Waals surface area contributed by atoms with Gasteiger partial charge in [-0.3, -0.25) is 14.4 Å². The van der Waals surface area contributed by atoms with Gasteiger partial charge in [-0.1, -0.05) is 17.3 Å². The number of nitriles is 1. The van der Waals surface area contributed by atoms with Gasteiger partial charge in [-0.25, -0.2) is 0 Å². The Bertz CT molecular complexity index is 1570. The van der Waals surface area contributed by atoms with E-state index in [1.165, 1.54) is 9.80 Å². The molecule has 2 fully saturated rings. The molecule has 1 saturated heterocycles. The van der Waals surface area contributed by atoms with Crippen molar-refractivity contribution in [3.63, 3.8) is 0 Å².